The third-order valence-electron chi connectivity index (χ3n) is 2.91. The van der Waals surface area contributed by atoms with Gasteiger partial charge in [0, 0.05) is 6.92 Å². The van der Waals surface area contributed by atoms with E-state index in [1.807, 2.05) is 30.3 Å². The molecule has 1 atom stereocenters. The molecule has 0 saturated heterocycles. The van der Waals surface area contributed by atoms with Gasteiger partial charge in [-0.05, 0) is 16.0 Å². The average Bonchev–Trinajstić information content (AvgIpc) is 2.96. The van der Waals surface area contributed by atoms with E-state index in [4.69, 9.17) is 15.2 Å². The lowest BCUT2D eigenvalue weighted by atomic mass is 10.2. The fraction of sp³-hybridized carbons (Fsp3) is 0.429. The molecule has 8 nitrogen and oxygen atoms in total. The summed E-state index contributed by atoms with van der Waals surface area (Å²) in [6, 6.07) is 9.37. The summed E-state index contributed by atoms with van der Waals surface area (Å²) >= 11 is 0. The summed E-state index contributed by atoms with van der Waals surface area (Å²) in [6.07, 6.45) is 0. The molecule has 0 radical (unpaired) electrons. The van der Waals surface area contributed by atoms with Crippen molar-refractivity contribution >= 4 is 18.4 Å². The van der Waals surface area contributed by atoms with Crippen molar-refractivity contribution < 1.29 is 14.3 Å². The molecule has 1 aromatic carbocycles. The number of tetrazole rings is 1. The number of nitrogens with two attached hydrogens (primary N) is 1. The minimum absolute atomic E-state index is 0. The van der Waals surface area contributed by atoms with Gasteiger partial charge in [-0.15, -0.1) is 17.5 Å². The van der Waals surface area contributed by atoms with Crippen molar-refractivity contribution in [3.63, 3.8) is 0 Å². The standard InChI is InChI=1S/C14H19N5O3.ClH/c1-11(20)22-8-7-19-14(16-17-18-19)13(15)10-21-9-12-5-3-2-4-6-12;/h2-6,13H,7-10,15H2,1H3;1H/t13-;/m1./s1. The van der Waals surface area contributed by atoms with Crippen LogP contribution in [-0.2, 0) is 27.4 Å². The smallest absolute Gasteiger partial charge is 0.302 e. The zero-order chi connectivity index (χ0) is 15.8. The second-order valence-corrected chi connectivity index (χ2v) is 4.71. The number of carbonyl (C=O) groups excluding carboxylic acids is 1. The number of hydrogen-bond donors (Lipinski definition) is 1. The second-order valence-electron chi connectivity index (χ2n) is 4.71. The molecule has 0 aliphatic carbocycles. The van der Waals surface area contributed by atoms with Gasteiger partial charge in [0.05, 0.1) is 25.8 Å². The largest absolute Gasteiger partial charge is 0.464 e. The number of esters is 1. The van der Waals surface area contributed by atoms with Crippen LogP contribution in [0.1, 0.15) is 24.4 Å². The molecule has 0 spiro atoms. The summed E-state index contributed by atoms with van der Waals surface area (Å²) in [5.41, 5.74) is 7.11. The quantitative estimate of drug-likeness (QED) is 0.710. The van der Waals surface area contributed by atoms with Crippen molar-refractivity contribution in [1.29, 1.82) is 0 Å². The van der Waals surface area contributed by atoms with E-state index >= 15 is 0 Å². The molecule has 0 aliphatic heterocycles. The molecule has 2 rings (SSSR count). The lowest BCUT2D eigenvalue weighted by Gasteiger charge is -2.12. The van der Waals surface area contributed by atoms with Crippen molar-refractivity contribution in [1.82, 2.24) is 20.2 Å². The van der Waals surface area contributed by atoms with Crippen LogP contribution in [0.2, 0.25) is 0 Å². The molecule has 0 saturated carbocycles. The zero-order valence-corrected chi connectivity index (χ0v) is 13.6. The molecule has 1 aromatic heterocycles. The molecule has 9 heteroatoms. The predicted molar refractivity (Wildman–Crippen MR) is 84.7 cm³/mol. The maximum atomic E-state index is 10.7. The van der Waals surface area contributed by atoms with E-state index in [1.54, 1.807) is 0 Å². The Bertz CT molecular complexity index is 593. The van der Waals surface area contributed by atoms with Crippen LogP contribution in [0.3, 0.4) is 0 Å². The van der Waals surface area contributed by atoms with E-state index in [0.717, 1.165) is 5.56 Å². The molecule has 2 aromatic rings. The Morgan fingerprint density at radius 3 is 2.78 bits per heavy atom. The Hall–Kier alpha value is -2.03. The molecule has 0 fully saturated rings. The highest BCUT2D eigenvalue weighted by atomic mass is 35.5. The number of halogens is 1. The van der Waals surface area contributed by atoms with Crippen LogP contribution in [0.4, 0.5) is 0 Å². The number of rotatable bonds is 8. The molecular weight excluding hydrogens is 322 g/mol. The maximum absolute atomic E-state index is 10.7. The van der Waals surface area contributed by atoms with Gasteiger partial charge in [0.25, 0.3) is 0 Å². The van der Waals surface area contributed by atoms with Gasteiger partial charge in [-0.25, -0.2) is 4.68 Å². The Morgan fingerprint density at radius 2 is 2.09 bits per heavy atom. The van der Waals surface area contributed by atoms with Crippen molar-refractivity contribution in [3.05, 3.63) is 41.7 Å². The van der Waals surface area contributed by atoms with Crippen molar-refractivity contribution in [3.8, 4) is 0 Å². The van der Waals surface area contributed by atoms with E-state index in [2.05, 4.69) is 15.5 Å². The molecule has 126 valence electrons. The van der Waals surface area contributed by atoms with Gasteiger partial charge in [0.1, 0.15) is 6.61 Å². The third kappa shape index (κ3) is 6.31. The number of carbonyl (C=O) groups is 1. The fourth-order valence-corrected chi connectivity index (χ4v) is 1.86. The molecule has 1 heterocycles. The van der Waals surface area contributed by atoms with E-state index in [-0.39, 0.29) is 25.0 Å². The monoisotopic (exact) mass is 341 g/mol. The predicted octanol–water partition coefficient (Wildman–Crippen LogP) is 0.875. The molecule has 0 amide bonds. The Kier molecular flexibility index (Phi) is 8.17. The highest BCUT2D eigenvalue weighted by Gasteiger charge is 2.15. The fourth-order valence-electron chi connectivity index (χ4n) is 1.86. The van der Waals surface area contributed by atoms with E-state index in [9.17, 15) is 4.79 Å². The highest BCUT2D eigenvalue weighted by Crippen LogP contribution is 2.08. The zero-order valence-electron chi connectivity index (χ0n) is 12.8. The molecule has 0 unspecified atom stereocenters. The normalized spacial score (nSPS) is 11.6. The van der Waals surface area contributed by atoms with E-state index in [1.165, 1.54) is 11.6 Å². The third-order valence-corrected chi connectivity index (χ3v) is 2.91. The minimum Gasteiger partial charge on any atom is -0.464 e. The lowest BCUT2D eigenvalue weighted by Crippen LogP contribution is -2.23. The van der Waals surface area contributed by atoms with Crippen LogP contribution in [0.25, 0.3) is 0 Å². The summed E-state index contributed by atoms with van der Waals surface area (Å²) in [4.78, 5) is 10.7. The first kappa shape index (κ1) is 19.0. The number of benzene rings is 1. The second kappa shape index (κ2) is 9.88. The molecule has 0 aliphatic rings. The van der Waals surface area contributed by atoms with Crippen LogP contribution < -0.4 is 5.73 Å². The van der Waals surface area contributed by atoms with E-state index in [0.29, 0.717) is 25.6 Å². The Labute approximate surface area is 140 Å². The Balaban J connectivity index is 0.00000264. The average molecular weight is 342 g/mol. The van der Waals surface area contributed by atoms with Gasteiger partial charge in [0.2, 0.25) is 0 Å². The van der Waals surface area contributed by atoms with Crippen LogP contribution in [0.15, 0.2) is 30.3 Å². The van der Waals surface area contributed by atoms with Crippen LogP contribution in [0.5, 0.6) is 0 Å². The number of ether oxygens (including phenoxy) is 2. The summed E-state index contributed by atoms with van der Waals surface area (Å²) in [6.45, 7) is 2.68. The van der Waals surface area contributed by atoms with Gasteiger partial charge in [-0.1, -0.05) is 30.3 Å². The maximum Gasteiger partial charge on any atom is 0.302 e. The lowest BCUT2D eigenvalue weighted by molar-refractivity contribution is -0.141. The number of hydrogen-bond acceptors (Lipinski definition) is 7. The number of aromatic nitrogens is 4. The van der Waals surface area contributed by atoms with Crippen LogP contribution in [0, 0.1) is 0 Å². The SMILES string of the molecule is CC(=O)OCCn1nnnc1[C@H](N)COCc1ccccc1.Cl. The first-order valence-corrected chi connectivity index (χ1v) is 6.93. The summed E-state index contributed by atoms with van der Waals surface area (Å²) in [5.74, 6) is 0.158. The summed E-state index contributed by atoms with van der Waals surface area (Å²) in [7, 11) is 0. The van der Waals surface area contributed by atoms with Gasteiger partial charge < -0.3 is 15.2 Å². The van der Waals surface area contributed by atoms with Crippen LogP contribution in [-0.4, -0.2) is 39.4 Å². The van der Waals surface area contributed by atoms with Crippen molar-refractivity contribution in [2.24, 2.45) is 5.73 Å². The summed E-state index contributed by atoms with van der Waals surface area (Å²) < 4.78 is 12.0. The summed E-state index contributed by atoms with van der Waals surface area (Å²) in [5, 5.41) is 11.3. The molecular formula is C14H20ClN5O3. The van der Waals surface area contributed by atoms with E-state index < -0.39 is 6.04 Å². The van der Waals surface area contributed by atoms with Gasteiger partial charge in [-0.2, -0.15) is 0 Å². The topological polar surface area (TPSA) is 105 Å². The van der Waals surface area contributed by atoms with Gasteiger partial charge >= 0.3 is 5.97 Å². The first-order valence-electron chi connectivity index (χ1n) is 6.93. The van der Waals surface area contributed by atoms with Crippen molar-refractivity contribution in [2.75, 3.05) is 13.2 Å². The van der Waals surface area contributed by atoms with Crippen molar-refractivity contribution in [2.45, 2.75) is 26.1 Å². The number of nitrogens with zero attached hydrogens (tertiary/aromatic N) is 4. The minimum atomic E-state index is -0.448. The molecule has 2 N–H and O–H groups in total. The Morgan fingerprint density at radius 1 is 1.35 bits per heavy atom. The molecule has 0 bridgehead atoms. The molecule has 23 heavy (non-hydrogen) atoms. The van der Waals surface area contributed by atoms with Gasteiger partial charge in [0.15, 0.2) is 5.82 Å². The van der Waals surface area contributed by atoms with Gasteiger partial charge in [-0.3, -0.25) is 4.79 Å². The first-order chi connectivity index (χ1) is 10.7. The van der Waals surface area contributed by atoms with Crippen LogP contribution >= 0.6 is 12.4 Å². The highest BCUT2D eigenvalue weighted by molar-refractivity contribution is 5.85.